The molecule has 0 spiro atoms. The monoisotopic (exact) mass is 323 g/mol. The third-order valence-electron chi connectivity index (χ3n) is 3.69. The first kappa shape index (κ1) is 16.7. The maximum Gasteiger partial charge on any atom is 0.341 e. The van der Waals surface area contributed by atoms with E-state index in [9.17, 15) is 9.59 Å². The fourth-order valence-electron chi connectivity index (χ4n) is 2.37. The Hall–Kier alpha value is -1.69. The summed E-state index contributed by atoms with van der Waals surface area (Å²) in [4.78, 5) is 22.7. The molecule has 120 valence electrons. The second-order valence-corrected chi connectivity index (χ2v) is 6.59. The Morgan fingerprint density at radius 2 is 1.95 bits per heavy atom. The van der Waals surface area contributed by atoms with Gasteiger partial charge in [0.25, 0.3) is 0 Å². The molecule has 22 heavy (non-hydrogen) atoms. The van der Waals surface area contributed by atoms with Gasteiger partial charge in [-0.15, -0.1) is 0 Å². The highest BCUT2D eigenvalue weighted by atomic mass is 32.2. The van der Waals surface area contributed by atoms with Gasteiger partial charge in [-0.25, -0.2) is 4.79 Å². The molecule has 0 aliphatic carbocycles. The minimum atomic E-state index is -1.00. The van der Waals surface area contributed by atoms with Crippen LogP contribution in [0.25, 0.3) is 0 Å². The number of carboxylic acid groups (broad SMARTS) is 1. The van der Waals surface area contributed by atoms with Gasteiger partial charge in [0.15, 0.2) is 6.61 Å². The zero-order chi connectivity index (χ0) is 15.9. The van der Waals surface area contributed by atoms with Gasteiger partial charge in [0.1, 0.15) is 5.75 Å². The van der Waals surface area contributed by atoms with Crippen molar-refractivity contribution in [2.45, 2.75) is 25.8 Å². The maximum atomic E-state index is 12.2. The predicted octanol–water partition coefficient (Wildman–Crippen LogP) is 2.47. The van der Waals surface area contributed by atoms with E-state index in [-0.39, 0.29) is 24.5 Å². The zero-order valence-corrected chi connectivity index (χ0v) is 13.4. The molecule has 1 aromatic rings. The van der Waals surface area contributed by atoms with Crippen LogP contribution in [-0.4, -0.2) is 35.1 Å². The molecule has 0 radical (unpaired) electrons. The average molecular weight is 323 g/mol. The first-order valence-electron chi connectivity index (χ1n) is 7.39. The minimum absolute atomic E-state index is 0.0735. The number of carbonyl (C=O) groups is 2. The van der Waals surface area contributed by atoms with Crippen molar-refractivity contribution in [1.29, 1.82) is 0 Å². The van der Waals surface area contributed by atoms with Gasteiger partial charge in [-0.1, -0.05) is 12.1 Å². The van der Waals surface area contributed by atoms with Crippen molar-refractivity contribution in [3.63, 3.8) is 0 Å². The number of hydrogen-bond donors (Lipinski definition) is 2. The molecular weight excluding hydrogens is 302 g/mol. The molecule has 0 bridgehead atoms. The topological polar surface area (TPSA) is 75.6 Å². The largest absolute Gasteiger partial charge is 0.482 e. The number of hydrogen-bond acceptors (Lipinski definition) is 4. The van der Waals surface area contributed by atoms with Gasteiger partial charge in [0.2, 0.25) is 5.91 Å². The highest BCUT2D eigenvalue weighted by Gasteiger charge is 2.22. The lowest BCUT2D eigenvalue weighted by atomic mass is 10.0. The van der Waals surface area contributed by atoms with Gasteiger partial charge in [-0.3, -0.25) is 4.79 Å². The van der Waals surface area contributed by atoms with E-state index in [0.717, 1.165) is 29.9 Å². The summed E-state index contributed by atoms with van der Waals surface area (Å²) in [6.45, 7) is 1.59. The third kappa shape index (κ3) is 4.94. The second-order valence-electron chi connectivity index (χ2n) is 5.37. The van der Waals surface area contributed by atoms with E-state index in [2.05, 4.69) is 5.32 Å². The maximum absolute atomic E-state index is 12.2. The first-order valence-corrected chi connectivity index (χ1v) is 8.54. The second kappa shape index (κ2) is 8.08. The summed E-state index contributed by atoms with van der Waals surface area (Å²) in [6.07, 6.45) is 1.90. The number of carboxylic acids is 1. The molecule has 1 aliphatic heterocycles. The summed E-state index contributed by atoms with van der Waals surface area (Å²) in [7, 11) is 0. The van der Waals surface area contributed by atoms with Crippen LogP contribution >= 0.6 is 11.8 Å². The first-order chi connectivity index (χ1) is 10.6. The molecule has 1 aliphatic rings. The van der Waals surface area contributed by atoms with Crippen LogP contribution in [0.15, 0.2) is 24.3 Å². The lowest BCUT2D eigenvalue weighted by molar-refractivity contribution is -0.139. The molecule has 2 N–H and O–H groups in total. The van der Waals surface area contributed by atoms with Gasteiger partial charge in [-0.2, -0.15) is 11.8 Å². The molecule has 1 unspecified atom stereocenters. The molecule has 0 aromatic heterocycles. The smallest absolute Gasteiger partial charge is 0.341 e. The Bertz CT molecular complexity index is 511. The molecular formula is C16H21NO4S. The van der Waals surface area contributed by atoms with Crippen molar-refractivity contribution < 1.29 is 19.4 Å². The summed E-state index contributed by atoms with van der Waals surface area (Å²) in [5.74, 6) is 1.87. The average Bonchev–Trinajstić information content (AvgIpc) is 2.54. The Kier molecular flexibility index (Phi) is 6.12. The molecule has 1 aromatic carbocycles. The summed E-state index contributed by atoms with van der Waals surface area (Å²) in [5.41, 5.74) is 0.973. The van der Waals surface area contributed by atoms with Crippen LogP contribution in [0.3, 0.4) is 0 Å². The fraction of sp³-hybridized carbons (Fsp3) is 0.500. The van der Waals surface area contributed by atoms with Crippen molar-refractivity contribution in [1.82, 2.24) is 5.32 Å². The van der Waals surface area contributed by atoms with Crippen LogP contribution < -0.4 is 10.1 Å². The molecule has 6 heteroatoms. The van der Waals surface area contributed by atoms with Crippen LogP contribution in [0.4, 0.5) is 0 Å². The minimum Gasteiger partial charge on any atom is -0.482 e. The van der Waals surface area contributed by atoms with E-state index in [0.29, 0.717) is 5.75 Å². The lowest BCUT2D eigenvalue weighted by Gasteiger charge is -2.23. The van der Waals surface area contributed by atoms with Gasteiger partial charge in [-0.05, 0) is 49.0 Å². The van der Waals surface area contributed by atoms with E-state index in [1.165, 1.54) is 0 Å². The highest BCUT2D eigenvalue weighted by Crippen LogP contribution is 2.24. The van der Waals surface area contributed by atoms with E-state index >= 15 is 0 Å². The Morgan fingerprint density at radius 1 is 1.32 bits per heavy atom. The molecule has 1 amide bonds. The molecule has 1 fully saturated rings. The van der Waals surface area contributed by atoms with E-state index in [1.807, 2.05) is 30.8 Å². The van der Waals surface area contributed by atoms with Gasteiger partial charge < -0.3 is 15.2 Å². The molecule has 1 atom stereocenters. The number of aliphatic carboxylic acids is 1. The van der Waals surface area contributed by atoms with Crippen molar-refractivity contribution in [3.8, 4) is 5.75 Å². The molecule has 2 rings (SSSR count). The summed E-state index contributed by atoms with van der Waals surface area (Å²) in [5, 5.41) is 11.6. The van der Waals surface area contributed by atoms with E-state index in [1.54, 1.807) is 12.1 Å². The number of ether oxygens (including phenoxy) is 1. The standard InChI is InChI=1S/C16H21NO4S/c1-11(17-16(20)13-6-8-22-9-7-13)12-2-4-14(5-3-12)21-10-15(18)19/h2-5,11,13H,6-10H2,1H3,(H,17,20)(H,18,19). The van der Waals surface area contributed by atoms with Crippen molar-refractivity contribution in [3.05, 3.63) is 29.8 Å². The van der Waals surface area contributed by atoms with Crippen molar-refractivity contribution in [2.75, 3.05) is 18.1 Å². The fourth-order valence-corrected chi connectivity index (χ4v) is 3.48. The van der Waals surface area contributed by atoms with Crippen LogP contribution in [0, 0.1) is 5.92 Å². The van der Waals surface area contributed by atoms with E-state index in [4.69, 9.17) is 9.84 Å². The number of rotatable bonds is 6. The van der Waals surface area contributed by atoms with Gasteiger partial charge in [0, 0.05) is 5.92 Å². The number of amides is 1. The summed E-state index contributed by atoms with van der Waals surface area (Å²) < 4.78 is 5.09. The lowest BCUT2D eigenvalue weighted by Crippen LogP contribution is -2.34. The normalized spacial score (nSPS) is 16.8. The Balaban J connectivity index is 1.87. The SMILES string of the molecule is CC(NC(=O)C1CCSCC1)c1ccc(OCC(=O)O)cc1. The van der Waals surface area contributed by atoms with Crippen LogP contribution in [0.2, 0.25) is 0 Å². The summed E-state index contributed by atoms with van der Waals surface area (Å²) in [6, 6.07) is 7.06. The number of thioether (sulfide) groups is 1. The van der Waals surface area contributed by atoms with Gasteiger partial charge in [0.05, 0.1) is 6.04 Å². The number of nitrogens with one attached hydrogen (secondary N) is 1. The van der Waals surface area contributed by atoms with Crippen molar-refractivity contribution >= 4 is 23.6 Å². The molecule has 5 nitrogen and oxygen atoms in total. The zero-order valence-electron chi connectivity index (χ0n) is 12.6. The highest BCUT2D eigenvalue weighted by molar-refractivity contribution is 7.99. The van der Waals surface area contributed by atoms with Crippen molar-refractivity contribution in [2.24, 2.45) is 5.92 Å². The molecule has 1 heterocycles. The van der Waals surface area contributed by atoms with E-state index < -0.39 is 5.97 Å². The van der Waals surface area contributed by atoms with Crippen LogP contribution in [0.5, 0.6) is 5.75 Å². The van der Waals surface area contributed by atoms with Crippen LogP contribution in [-0.2, 0) is 9.59 Å². The number of benzene rings is 1. The molecule has 1 saturated heterocycles. The quantitative estimate of drug-likeness (QED) is 0.841. The predicted molar refractivity (Wildman–Crippen MR) is 86.2 cm³/mol. The third-order valence-corrected chi connectivity index (χ3v) is 4.74. The summed E-state index contributed by atoms with van der Waals surface area (Å²) >= 11 is 1.90. The molecule has 0 saturated carbocycles. The van der Waals surface area contributed by atoms with Gasteiger partial charge >= 0.3 is 5.97 Å². The Labute approximate surface area is 134 Å². The van der Waals surface area contributed by atoms with Crippen LogP contribution in [0.1, 0.15) is 31.4 Å². The Morgan fingerprint density at radius 3 is 2.55 bits per heavy atom. The number of carbonyl (C=O) groups excluding carboxylic acids is 1.